The fourth-order valence-corrected chi connectivity index (χ4v) is 2.28. The zero-order chi connectivity index (χ0) is 12.3. The van der Waals surface area contributed by atoms with Gasteiger partial charge in [0, 0.05) is 19.1 Å². The number of hydrogen-bond acceptors (Lipinski definition) is 2. The molecule has 0 aliphatic carbocycles. The van der Waals surface area contributed by atoms with Crippen molar-refractivity contribution in [2.75, 3.05) is 6.54 Å². The molecular formula is C12H22BrN3. The third-order valence-electron chi connectivity index (χ3n) is 2.94. The molecule has 1 heterocycles. The molecule has 0 fully saturated rings. The van der Waals surface area contributed by atoms with Crippen molar-refractivity contribution >= 4 is 15.9 Å². The summed E-state index contributed by atoms with van der Waals surface area (Å²) in [6, 6.07) is 0.567. The first-order chi connectivity index (χ1) is 7.51. The van der Waals surface area contributed by atoms with E-state index in [1.54, 1.807) is 0 Å². The van der Waals surface area contributed by atoms with Crippen LogP contribution in [0.25, 0.3) is 0 Å². The molecule has 0 N–H and O–H groups in total. The lowest BCUT2D eigenvalue weighted by molar-refractivity contribution is 0.218. The van der Waals surface area contributed by atoms with Crippen LogP contribution in [0.2, 0.25) is 0 Å². The summed E-state index contributed by atoms with van der Waals surface area (Å²) in [5.74, 6) is 0. The Bertz CT molecular complexity index is 344. The Hall–Kier alpha value is -0.350. The third kappa shape index (κ3) is 2.86. The van der Waals surface area contributed by atoms with Gasteiger partial charge < -0.3 is 0 Å². The van der Waals surface area contributed by atoms with E-state index >= 15 is 0 Å². The van der Waals surface area contributed by atoms with E-state index in [4.69, 9.17) is 0 Å². The van der Waals surface area contributed by atoms with Gasteiger partial charge in [-0.05, 0) is 50.2 Å². The second kappa shape index (κ2) is 5.82. The number of hydrogen-bond donors (Lipinski definition) is 0. The van der Waals surface area contributed by atoms with Gasteiger partial charge in [-0.15, -0.1) is 0 Å². The van der Waals surface area contributed by atoms with Crippen molar-refractivity contribution < 1.29 is 0 Å². The molecule has 0 bridgehead atoms. The lowest BCUT2D eigenvalue weighted by atomic mass is 10.2. The molecule has 0 aliphatic rings. The highest BCUT2D eigenvalue weighted by molar-refractivity contribution is 9.10. The quantitative estimate of drug-likeness (QED) is 0.829. The van der Waals surface area contributed by atoms with Crippen molar-refractivity contribution in [3.8, 4) is 0 Å². The molecule has 0 saturated heterocycles. The highest BCUT2D eigenvalue weighted by Crippen LogP contribution is 2.23. The number of halogens is 1. The minimum atomic E-state index is 0.567. The SMILES string of the molecule is CCN(Cc1c(Br)c(C)nn1CC)C(C)C. The summed E-state index contributed by atoms with van der Waals surface area (Å²) in [5, 5.41) is 4.52. The highest BCUT2D eigenvalue weighted by Gasteiger charge is 2.16. The summed E-state index contributed by atoms with van der Waals surface area (Å²) in [6.45, 7) is 13.8. The Labute approximate surface area is 107 Å². The van der Waals surface area contributed by atoms with Gasteiger partial charge in [0.15, 0.2) is 0 Å². The maximum atomic E-state index is 4.52. The molecule has 16 heavy (non-hydrogen) atoms. The molecule has 3 nitrogen and oxygen atoms in total. The van der Waals surface area contributed by atoms with E-state index < -0.39 is 0 Å². The maximum absolute atomic E-state index is 4.52. The number of nitrogens with zero attached hydrogens (tertiary/aromatic N) is 3. The van der Waals surface area contributed by atoms with Crippen molar-refractivity contribution in [2.24, 2.45) is 0 Å². The smallest absolute Gasteiger partial charge is 0.0739 e. The van der Waals surface area contributed by atoms with E-state index in [1.165, 1.54) is 5.69 Å². The topological polar surface area (TPSA) is 21.1 Å². The molecule has 0 amide bonds. The number of rotatable bonds is 5. The molecule has 0 atom stereocenters. The Kier molecular flexibility index (Phi) is 4.99. The molecule has 0 spiro atoms. The van der Waals surface area contributed by atoms with E-state index in [0.29, 0.717) is 6.04 Å². The van der Waals surface area contributed by atoms with Crippen LogP contribution in [0.5, 0.6) is 0 Å². The maximum Gasteiger partial charge on any atom is 0.0739 e. The van der Waals surface area contributed by atoms with Crippen molar-refractivity contribution in [1.82, 2.24) is 14.7 Å². The van der Waals surface area contributed by atoms with Crippen LogP contribution >= 0.6 is 15.9 Å². The Morgan fingerprint density at radius 2 is 2.00 bits per heavy atom. The van der Waals surface area contributed by atoms with E-state index in [0.717, 1.165) is 29.8 Å². The van der Waals surface area contributed by atoms with E-state index in [-0.39, 0.29) is 0 Å². The largest absolute Gasteiger partial charge is 0.295 e. The second-order valence-corrected chi connectivity index (χ2v) is 5.11. The summed E-state index contributed by atoms with van der Waals surface area (Å²) in [6.07, 6.45) is 0. The van der Waals surface area contributed by atoms with Crippen LogP contribution in [0.1, 0.15) is 39.1 Å². The Morgan fingerprint density at radius 1 is 1.38 bits per heavy atom. The van der Waals surface area contributed by atoms with Crippen molar-refractivity contribution in [2.45, 2.75) is 53.8 Å². The van der Waals surface area contributed by atoms with Crippen molar-refractivity contribution in [1.29, 1.82) is 0 Å². The molecule has 0 aromatic carbocycles. The molecule has 0 aliphatic heterocycles. The van der Waals surface area contributed by atoms with Gasteiger partial charge in [0.25, 0.3) is 0 Å². The average Bonchev–Trinajstić information content (AvgIpc) is 2.51. The minimum Gasteiger partial charge on any atom is -0.295 e. The van der Waals surface area contributed by atoms with E-state index in [1.807, 2.05) is 6.92 Å². The monoisotopic (exact) mass is 287 g/mol. The van der Waals surface area contributed by atoms with Gasteiger partial charge >= 0.3 is 0 Å². The van der Waals surface area contributed by atoms with Gasteiger partial charge in [0.05, 0.1) is 15.9 Å². The van der Waals surface area contributed by atoms with E-state index in [9.17, 15) is 0 Å². The molecule has 4 heteroatoms. The average molecular weight is 288 g/mol. The number of aromatic nitrogens is 2. The molecule has 0 unspecified atom stereocenters. The fourth-order valence-electron chi connectivity index (χ4n) is 1.87. The first kappa shape index (κ1) is 13.7. The minimum absolute atomic E-state index is 0.567. The van der Waals surface area contributed by atoms with Crippen molar-refractivity contribution in [3.05, 3.63) is 15.9 Å². The van der Waals surface area contributed by atoms with Crippen LogP contribution in [0.4, 0.5) is 0 Å². The predicted octanol–water partition coefficient (Wildman–Crippen LogP) is 3.20. The van der Waals surface area contributed by atoms with Crippen LogP contribution in [-0.2, 0) is 13.1 Å². The molecule has 0 saturated carbocycles. The van der Waals surface area contributed by atoms with Crippen LogP contribution in [0.3, 0.4) is 0 Å². The van der Waals surface area contributed by atoms with Crippen LogP contribution < -0.4 is 0 Å². The van der Waals surface area contributed by atoms with E-state index in [2.05, 4.69) is 58.3 Å². The van der Waals surface area contributed by atoms with Crippen LogP contribution in [0, 0.1) is 6.92 Å². The molecule has 0 radical (unpaired) electrons. The normalized spacial score (nSPS) is 11.8. The van der Waals surface area contributed by atoms with Gasteiger partial charge in [-0.2, -0.15) is 5.10 Å². The van der Waals surface area contributed by atoms with Gasteiger partial charge in [0.1, 0.15) is 0 Å². The highest BCUT2D eigenvalue weighted by atomic mass is 79.9. The first-order valence-corrected chi connectivity index (χ1v) is 6.76. The summed E-state index contributed by atoms with van der Waals surface area (Å²) in [5.41, 5.74) is 2.37. The summed E-state index contributed by atoms with van der Waals surface area (Å²) in [4.78, 5) is 2.44. The Morgan fingerprint density at radius 3 is 2.44 bits per heavy atom. The molecule has 1 aromatic heterocycles. The van der Waals surface area contributed by atoms with Crippen LogP contribution in [-0.4, -0.2) is 27.3 Å². The predicted molar refractivity (Wildman–Crippen MR) is 71.6 cm³/mol. The van der Waals surface area contributed by atoms with Gasteiger partial charge in [0.2, 0.25) is 0 Å². The zero-order valence-electron chi connectivity index (χ0n) is 10.9. The summed E-state index contributed by atoms with van der Waals surface area (Å²) >= 11 is 3.64. The van der Waals surface area contributed by atoms with Crippen LogP contribution in [0.15, 0.2) is 4.47 Å². The van der Waals surface area contributed by atoms with Gasteiger partial charge in [-0.1, -0.05) is 6.92 Å². The fraction of sp³-hybridized carbons (Fsp3) is 0.750. The molecule has 92 valence electrons. The molecule has 1 aromatic rings. The summed E-state index contributed by atoms with van der Waals surface area (Å²) in [7, 11) is 0. The lowest BCUT2D eigenvalue weighted by Gasteiger charge is -2.25. The standard InChI is InChI=1S/C12H22BrN3/c1-6-15(9(3)4)8-11-12(13)10(5)14-16(11)7-2/h9H,6-8H2,1-5H3. The van der Waals surface area contributed by atoms with Gasteiger partial charge in [-0.3, -0.25) is 9.58 Å². The first-order valence-electron chi connectivity index (χ1n) is 5.97. The van der Waals surface area contributed by atoms with Crippen molar-refractivity contribution in [3.63, 3.8) is 0 Å². The lowest BCUT2D eigenvalue weighted by Crippen LogP contribution is -2.31. The summed E-state index contributed by atoms with van der Waals surface area (Å²) < 4.78 is 3.25. The molecule has 1 rings (SSSR count). The Balaban J connectivity index is 2.94. The zero-order valence-corrected chi connectivity index (χ0v) is 12.5. The number of aryl methyl sites for hydroxylation is 2. The third-order valence-corrected chi connectivity index (χ3v) is 3.97. The molecular weight excluding hydrogens is 266 g/mol. The van der Waals surface area contributed by atoms with Gasteiger partial charge in [-0.25, -0.2) is 0 Å². The second-order valence-electron chi connectivity index (χ2n) is 4.32.